The fraction of sp³-hybridized carbons (Fsp3) is 0.588. The highest BCUT2D eigenvalue weighted by Gasteiger charge is 2.29. The lowest BCUT2D eigenvalue weighted by atomic mass is 9.89. The van der Waals surface area contributed by atoms with Gasteiger partial charge in [0.15, 0.2) is 0 Å². The molecule has 0 aromatic carbocycles. The van der Waals surface area contributed by atoms with Crippen LogP contribution in [0.25, 0.3) is 0 Å². The number of thiophene rings is 1. The predicted octanol–water partition coefficient (Wildman–Crippen LogP) is 3.10. The zero-order chi connectivity index (χ0) is 15.3. The van der Waals surface area contributed by atoms with Gasteiger partial charge in [-0.1, -0.05) is 31.6 Å². The Morgan fingerprint density at radius 2 is 2.19 bits per heavy atom. The first-order valence-electron chi connectivity index (χ1n) is 7.52. The Morgan fingerprint density at radius 3 is 2.86 bits per heavy atom. The van der Waals surface area contributed by atoms with Gasteiger partial charge >= 0.3 is 0 Å². The minimum absolute atomic E-state index is 0.00596. The quantitative estimate of drug-likeness (QED) is 0.840. The van der Waals surface area contributed by atoms with E-state index in [4.69, 9.17) is 5.11 Å². The van der Waals surface area contributed by atoms with Crippen LogP contribution in [0.5, 0.6) is 0 Å². The van der Waals surface area contributed by atoms with E-state index in [9.17, 15) is 4.79 Å². The summed E-state index contributed by atoms with van der Waals surface area (Å²) in [6.07, 6.45) is 5.42. The fourth-order valence-electron chi connectivity index (χ4n) is 2.70. The number of aliphatic hydroxyl groups excluding tert-OH is 1. The number of carbonyl (C=O) groups is 1. The SMILES string of the molecule is Cc1cc(C(=O)NCC2(C)CCCC2)sc1C#CCCO. The molecule has 1 aromatic rings. The lowest BCUT2D eigenvalue weighted by molar-refractivity contribution is 0.0938. The second-order valence-corrected chi connectivity index (χ2v) is 7.15. The number of hydrogen-bond acceptors (Lipinski definition) is 3. The molecule has 1 heterocycles. The van der Waals surface area contributed by atoms with E-state index in [2.05, 4.69) is 24.1 Å². The smallest absolute Gasteiger partial charge is 0.261 e. The molecule has 1 aromatic heterocycles. The molecule has 21 heavy (non-hydrogen) atoms. The maximum absolute atomic E-state index is 12.3. The van der Waals surface area contributed by atoms with Gasteiger partial charge in [0, 0.05) is 13.0 Å². The molecule has 3 nitrogen and oxygen atoms in total. The van der Waals surface area contributed by atoms with Crippen molar-refractivity contribution < 1.29 is 9.90 Å². The molecule has 0 unspecified atom stereocenters. The van der Waals surface area contributed by atoms with Gasteiger partial charge < -0.3 is 10.4 Å². The van der Waals surface area contributed by atoms with Gasteiger partial charge in [0.05, 0.1) is 16.4 Å². The Labute approximate surface area is 130 Å². The highest BCUT2D eigenvalue weighted by molar-refractivity contribution is 7.14. The lowest BCUT2D eigenvalue weighted by Gasteiger charge is -2.23. The van der Waals surface area contributed by atoms with E-state index in [1.807, 2.05) is 13.0 Å². The fourth-order valence-corrected chi connectivity index (χ4v) is 3.67. The molecule has 1 amide bonds. The zero-order valence-corrected chi connectivity index (χ0v) is 13.6. The number of hydrogen-bond donors (Lipinski definition) is 2. The van der Waals surface area contributed by atoms with Crippen molar-refractivity contribution in [3.8, 4) is 11.8 Å². The predicted molar refractivity (Wildman–Crippen MR) is 86.5 cm³/mol. The molecule has 0 atom stereocenters. The Morgan fingerprint density at radius 1 is 1.48 bits per heavy atom. The van der Waals surface area contributed by atoms with Crippen molar-refractivity contribution in [2.75, 3.05) is 13.2 Å². The van der Waals surface area contributed by atoms with E-state index >= 15 is 0 Å². The molecule has 0 spiro atoms. The number of amides is 1. The lowest BCUT2D eigenvalue weighted by Crippen LogP contribution is -2.33. The van der Waals surface area contributed by atoms with Crippen LogP contribution in [0.3, 0.4) is 0 Å². The summed E-state index contributed by atoms with van der Waals surface area (Å²) in [6.45, 7) is 5.05. The van der Waals surface area contributed by atoms with Gasteiger partial charge in [-0.05, 0) is 36.8 Å². The van der Waals surface area contributed by atoms with E-state index in [0.29, 0.717) is 6.42 Å². The number of aliphatic hydroxyl groups is 1. The van der Waals surface area contributed by atoms with Crippen LogP contribution in [0, 0.1) is 24.2 Å². The molecule has 2 N–H and O–H groups in total. The molecular weight excluding hydrogens is 282 g/mol. The van der Waals surface area contributed by atoms with Gasteiger partial charge in [0.25, 0.3) is 5.91 Å². The third-order valence-electron chi connectivity index (χ3n) is 4.07. The van der Waals surface area contributed by atoms with Crippen LogP contribution in [-0.4, -0.2) is 24.2 Å². The van der Waals surface area contributed by atoms with E-state index in [1.54, 1.807) is 0 Å². The molecule has 1 aliphatic rings. The third-order valence-corrected chi connectivity index (χ3v) is 5.22. The van der Waals surface area contributed by atoms with Gasteiger partial charge in [0.1, 0.15) is 0 Å². The number of nitrogens with one attached hydrogen (secondary N) is 1. The summed E-state index contributed by atoms with van der Waals surface area (Å²) in [5.41, 5.74) is 1.30. The number of carbonyl (C=O) groups excluding carboxylic acids is 1. The highest BCUT2D eigenvalue weighted by atomic mass is 32.1. The normalized spacial score (nSPS) is 16.3. The average molecular weight is 305 g/mol. The van der Waals surface area contributed by atoms with Crippen LogP contribution in [0.4, 0.5) is 0 Å². The highest BCUT2D eigenvalue weighted by Crippen LogP contribution is 2.36. The number of rotatable bonds is 4. The minimum atomic E-state index is 0.00596. The molecule has 2 rings (SSSR count). The Bertz CT molecular complexity index is 559. The Kier molecular flexibility index (Phi) is 5.44. The monoisotopic (exact) mass is 305 g/mol. The first-order valence-corrected chi connectivity index (χ1v) is 8.34. The molecule has 0 bridgehead atoms. The molecule has 0 saturated heterocycles. The third kappa shape index (κ3) is 4.33. The Balaban J connectivity index is 1.97. The summed E-state index contributed by atoms with van der Waals surface area (Å²) in [4.78, 5) is 13.9. The van der Waals surface area contributed by atoms with E-state index in [-0.39, 0.29) is 17.9 Å². The molecule has 114 valence electrons. The first kappa shape index (κ1) is 16.1. The Hall–Kier alpha value is -1.31. The molecule has 1 fully saturated rings. The van der Waals surface area contributed by atoms with Crippen LogP contribution in [-0.2, 0) is 0 Å². The molecule has 0 aliphatic heterocycles. The summed E-state index contributed by atoms with van der Waals surface area (Å²) in [5, 5.41) is 11.8. The standard InChI is InChI=1S/C17H23NO2S/c1-13-11-15(21-14(13)7-3-6-10-19)16(20)18-12-17(2)8-4-5-9-17/h11,19H,4-6,8-10,12H2,1-2H3,(H,18,20). The van der Waals surface area contributed by atoms with Crippen LogP contribution in [0.1, 0.15) is 59.1 Å². The summed E-state index contributed by atoms with van der Waals surface area (Å²) >= 11 is 1.43. The van der Waals surface area contributed by atoms with Crippen molar-refractivity contribution >= 4 is 17.2 Å². The maximum atomic E-state index is 12.3. The van der Waals surface area contributed by atoms with Crippen molar-refractivity contribution in [2.24, 2.45) is 5.41 Å². The van der Waals surface area contributed by atoms with Crippen LogP contribution in [0.15, 0.2) is 6.07 Å². The average Bonchev–Trinajstić information content (AvgIpc) is 3.04. The zero-order valence-electron chi connectivity index (χ0n) is 12.8. The van der Waals surface area contributed by atoms with Crippen LogP contribution in [0.2, 0.25) is 0 Å². The topological polar surface area (TPSA) is 49.3 Å². The van der Waals surface area contributed by atoms with Crippen LogP contribution >= 0.6 is 11.3 Å². The number of aryl methyl sites for hydroxylation is 1. The molecular formula is C17H23NO2S. The summed E-state index contributed by atoms with van der Waals surface area (Å²) < 4.78 is 0. The van der Waals surface area contributed by atoms with E-state index in [0.717, 1.165) is 21.9 Å². The molecule has 1 aliphatic carbocycles. The maximum Gasteiger partial charge on any atom is 0.261 e. The van der Waals surface area contributed by atoms with Gasteiger partial charge in [-0.15, -0.1) is 11.3 Å². The van der Waals surface area contributed by atoms with Crippen molar-refractivity contribution in [3.05, 3.63) is 21.4 Å². The van der Waals surface area contributed by atoms with E-state index in [1.165, 1.54) is 37.0 Å². The van der Waals surface area contributed by atoms with E-state index < -0.39 is 0 Å². The van der Waals surface area contributed by atoms with Gasteiger partial charge in [-0.25, -0.2) is 0 Å². The van der Waals surface area contributed by atoms with Gasteiger partial charge in [-0.3, -0.25) is 4.79 Å². The van der Waals surface area contributed by atoms with Crippen molar-refractivity contribution in [1.82, 2.24) is 5.32 Å². The van der Waals surface area contributed by atoms with Crippen molar-refractivity contribution in [3.63, 3.8) is 0 Å². The minimum Gasteiger partial charge on any atom is -0.395 e. The van der Waals surface area contributed by atoms with Gasteiger partial charge in [-0.2, -0.15) is 0 Å². The summed E-state index contributed by atoms with van der Waals surface area (Å²) in [5.74, 6) is 5.93. The first-order chi connectivity index (χ1) is 10.0. The molecule has 1 saturated carbocycles. The second-order valence-electron chi connectivity index (χ2n) is 6.10. The second kappa shape index (κ2) is 7.11. The van der Waals surface area contributed by atoms with Crippen molar-refractivity contribution in [2.45, 2.75) is 46.0 Å². The molecule has 4 heteroatoms. The largest absolute Gasteiger partial charge is 0.395 e. The molecule has 0 radical (unpaired) electrons. The van der Waals surface area contributed by atoms with Crippen molar-refractivity contribution in [1.29, 1.82) is 0 Å². The van der Waals surface area contributed by atoms with Gasteiger partial charge in [0.2, 0.25) is 0 Å². The summed E-state index contributed by atoms with van der Waals surface area (Å²) in [6, 6.07) is 1.90. The van der Waals surface area contributed by atoms with Crippen LogP contribution < -0.4 is 5.32 Å². The summed E-state index contributed by atoms with van der Waals surface area (Å²) in [7, 11) is 0.